The van der Waals surface area contributed by atoms with Crippen LogP contribution in [0.15, 0.2) is 58.9 Å². The van der Waals surface area contributed by atoms with Crippen LogP contribution in [0.2, 0.25) is 0 Å². The summed E-state index contributed by atoms with van der Waals surface area (Å²) in [6.07, 6.45) is 4.12. The number of rotatable bonds is 4. The molecule has 0 fully saturated rings. The van der Waals surface area contributed by atoms with E-state index in [1.165, 1.54) is 0 Å². The molecule has 0 unspecified atom stereocenters. The van der Waals surface area contributed by atoms with Crippen molar-refractivity contribution < 1.29 is 8.42 Å². The van der Waals surface area contributed by atoms with Gasteiger partial charge in [0.2, 0.25) is 9.84 Å². The van der Waals surface area contributed by atoms with E-state index in [9.17, 15) is 8.42 Å². The molecule has 0 amide bonds. The first kappa shape index (κ1) is 11.7. The molecule has 0 N–H and O–H groups in total. The maximum atomic E-state index is 11.9. The molecule has 0 saturated heterocycles. The normalized spacial score (nSPS) is 11.8. The summed E-state index contributed by atoms with van der Waals surface area (Å²) in [4.78, 5) is 0.423. The van der Waals surface area contributed by atoms with Crippen molar-refractivity contribution in [2.75, 3.05) is 0 Å². The van der Waals surface area contributed by atoms with Crippen LogP contribution in [0, 0.1) is 0 Å². The van der Waals surface area contributed by atoms with Gasteiger partial charge in [-0.15, -0.1) is 0 Å². The van der Waals surface area contributed by atoms with E-state index in [-0.39, 0.29) is 9.80 Å². The average Bonchev–Trinajstić information content (AvgIpc) is 2.27. The van der Waals surface area contributed by atoms with Gasteiger partial charge in [0.25, 0.3) is 0 Å². The van der Waals surface area contributed by atoms with Crippen LogP contribution in [0.25, 0.3) is 0 Å². The zero-order valence-electron chi connectivity index (χ0n) is 8.68. The molecule has 0 aromatic heterocycles. The van der Waals surface area contributed by atoms with Gasteiger partial charge < -0.3 is 0 Å². The molecule has 0 spiro atoms. The van der Waals surface area contributed by atoms with Crippen LogP contribution in [-0.4, -0.2) is 8.42 Å². The second kappa shape index (κ2) is 4.94. The van der Waals surface area contributed by atoms with Gasteiger partial charge in [-0.2, -0.15) is 0 Å². The van der Waals surface area contributed by atoms with E-state index in [0.717, 1.165) is 6.42 Å². The molecule has 3 heteroatoms. The van der Waals surface area contributed by atoms with Crippen LogP contribution >= 0.6 is 0 Å². The standard InChI is InChI=1S/C12H14O2S/c1-3-4-8-11(2)15(13,14)12-9-6-5-7-10-12/h4-10H,2-3H2,1H3/b8-4+. The van der Waals surface area contributed by atoms with Crippen molar-refractivity contribution in [2.45, 2.75) is 18.2 Å². The molecule has 1 aromatic carbocycles. The highest BCUT2D eigenvalue weighted by Crippen LogP contribution is 2.18. The maximum absolute atomic E-state index is 11.9. The summed E-state index contributed by atoms with van der Waals surface area (Å²) in [6, 6.07) is 8.32. The van der Waals surface area contributed by atoms with Crippen molar-refractivity contribution in [1.29, 1.82) is 0 Å². The minimum absolute atomic E-state index is 0.135. The second-order valence-electron chi connectivity index (χ2n) is 3.09. The highest BCUT2D eigenvalue weighted by atomic mass is 32.2. The second-order valence-corrected chi connectivity index (χ2v) is 5.10. The Morgan fingerprint density at radius 3 is 2.47 bits per heavy atom. The molecule has 0 aliphatic carbocycles. The minimum Gasteiger partial charge on any atom is -0.219 e. The van der Waals surface area contributed by atoms with Crippen LogP contribution in [0.4, 0.5) is 0 Å². The van der Waals surface area contributed by atoms with E-state index in [1.54, 1.807) is 42.5 Å². The van der Waals surface area contributed by atoms with E-state index < -0.39 is 9.84 Å². The first-order chi connectivity index (χ1) is 7.09. The molecule has 0 bridgehead atoms. The molecular weight excluding hydrogens is 208 g/mol. The Balaban J connectivity index is 3.05. The minimum atomic E-state index is -3.39. The first-order valence-corrected chi connectivity index (χ1v) is 6.23. The monoisotopic (exact) mass is 222 g/mol. The lowest BCUT2D eigenvalue weighted by molar-refractivity contribution is 0.603. The van der Waals surface area contributed by atoms with Crippen LogP contribution in [0.3, 0.4) is 0 Å². The summed E-state index contributed by atoms with van der Waals surface area (Å²) in [5, 5.41) is 0. The summed E-state index contributed by atoms with van der Waals surface area (Å²) >= 11 is 0. The number of hydrogen-bond acceptors (Lipinski definition) is 2. The van der Waals surface area contributed by atoms with Crippen molar-refractivity contribution in [1.82, 2.24) is 0 Å². The largest absolute Gasteiger partial charge is 0.219 e. The topological polar surface area (TPSA) is 34.1 Å². The van der Waals surface area contributed by atoms with Gasteiger partial charge in [-0.3, -0.25) is 0 Å². The maximum Gasteiger partial charge on any atom is 0.205 e. The molecule has 1 rings (SSSR count). The molecule has 0 atom stereocenters. The molecule has 0 heterocycles. The van der Waals surface area contributed by atoms with E-state index >= 15 is 0 Å². The predicted molar refractivity (Wildman–Crippen MR) is 62.2 cm³/mol. The van der Waals surface area contributed by atoms with Crippen LogP contribution in [0.5, 0.6) is 0 Å². The van der Waals surface area contributed by atoms with Gasteiger partial charge in [-0.1, -0.05) is 37.8 Å². The smallest absolute Gasteiger partial charge is 0.205 e. The van der Waals surface area contributed by atoms with Crippen molar-refractivity contribution in [2.24, 2.45) is 0 Å². The number of benzene rings is 1. The van der Waals surface area contributed by atoms with Gasteiger partial charge in [0.15, 0.2) is 0 Å². The third-order valence-corrected chi connectivity index (χ3v) is 3.66. The molecule has 0 aliphatic rings. The Labute approximate surface area is 90.9 Å². The van der Waals surface area contributed by atoms with Gasteiger partial charge in [-0.05, 0) is 24.6 Å². The number of allylic oxidation sites excluding steroid dienone is 2. The zero-order valence-corrected chi connectivity index (χ0v) is 9.50. The summed E-state index contributed by atoms with van der Waals surface area (Å²) < 4.78 is 23.8. The molecule has 2 nitrogen and oxygen atoms in total. The Morgan fingerprint density at radius 1 is 1.33 bits per heavy atom. The molecule has 0 saturated carbocycles. The van der Waals surface area contributed by atoms with Crippen molar-refractivity contribution in [3.63, 3.8) is 0 Å². The first-order valence-electron chi connectivity index (χ1n) is 4.74. The summed E-state index contributed by atoms with van der Waals surface area (Å²) in [6.45, 7) is 5.51. The van der Waals surface area contributed by atoms with E-state index in [4.69, 9.17) is 0 Å². The quantitative estimate of drug-likeness (QED) is 0.734. The third-order valence-electron chi connectivity index (χ3n) is 1.94. The lowest BCUT2D eigenvalue weighted by Gasteiger charge is -2.02. The number of sulfone groups is 1. The Morgan fingerprint density at radius 2 is 1.93 bits per heavy atom. The van der Waals surface area contributed by atoms with Crippen LogP contribution in [-0.2, 0) is 9.84 Å². The summed E-state index contributed by atoms with van der Waals surface area (Å²) in [7, 11) is -3.39. The van der Waals surface area contributed by atoms with Crippen molar-refractivity contribution >= 4 is 9.84 Å². The van der Waals surface area contributed by atoms with E-state index in [1.807, 2.05) is 6.92 Å². The van der Waals surface area contributed by atoms with Crippen molar-refractivity contribution in [3.8, 4) is 0 Å². The fraction of sp³-hybridized carbons (Fsp3) is 0.167. The molecular formula is C12H14O2S. The Hall–Kier alpha value is -1.35. The summed E-state index contributed by atoms with van der Waals surface area (Å²) in [5.74, 6) is 0. The fourth-order valence-electron chi connectivity index (χ4n) is 1.09. The average molecular weight is 222 g/mol. The number of hydrogen-bond donors (Lipinski definition) is 0. The molecule has 0 radical (unpaired) electrons. The Kier molecular flexibility index (Phi) is 3.86. The highest BCUT2D eigenvalue weighted by molar-refractivity contribution is 7.95. The highest BCUT2D eigenvalue weighted by Gasteiger charge is 2.15. The lowest BCUT2D eigenvalue weighted by atomic mass is 10.4. The van der Waals surface area contributed by atoms with Crippen LogP contribution < -0.4 is 0 Å². The molecule has 80 valence electrons. The zero-order chi connectivity index (χ0) is 11.3. The fourth-order valence-corrected chi connectivity index (χ4v) is 2.18. The molecule has 15 heavy (non-hydrogen) atoms. The SMILES string of the molecule is C=C(/C=C/CC)S(=O)(=O)c1ccccc1. The summed E-state index contributed by atoms with van der Waals surface area (Å²) in [5.41, 5.74) is 0. The lowest BCUT2D eigenvalue weighted by Crippen LogP contribution is -2.01. The van der Waals surface area contributed by atoms with Gasteiger partial charge in [-0.25, -0.2) is 8.42 Å². The third kappa shape index (κ3) is 2.80. The Bertz CT molecular complexity index is 456. The van der Waals surface area contributed by atoms with Crippen molar-refractivity contribution in [3.05, 3.63) is 54.0 Å². The predicted octanol–water partition coefficient (Wildman–Crippen LogP) is 2.94. The van der Waals surface area contributed by atoms with Crippen LogP contribution in [0.1, 0.15) is 13.3 Å². The van der Waals surface area contributed by atoms with E-state index in [0.29, 0.717) is 0 Å². The molecule has 0 aliphatic heterocycles. The molecule has 1 aromatic rings. The van der Waals surface area contributed by atoms with Gasteiger partial charge in [0.1, 0.15) is 0 Å². The van der Waals surface area contributed by atoms with E-state index in [2.05, 4.69) is 6.58 Å². The van der Waals surface area contributed by atoms with Gasteiger partial charge >= 0.3 is 0 Å². The van der Waals surface area contributed by atoms with Gasteiger partial charge in [0, 0.05) is 0 Å². The van der Waals surface area contributed by atoms with Gasteiger partial charge in [0.05, 0.1) is 9.80 Å².